The van der Waals surface area contributed by atoms with Gasteiger partial charge in [-0.25, -0.2) is 4.98 Å². The first kappa shape index (κ1) is 12.6. The summed E-state index contributed by atoms with van der Waals surface area (Å²) in [5, 5.41) is 10.3. The maximum atomic E-state index is 10.3. The lowest BCUT2D eigenvalue weighted by molar-refractivity contribution is 0.178. The lowest BCUT2D eigenvalue weighted by Gasteiger charge is -2.13. The van der Waals surface area contributed by atoms with Gasteiger partial charge in [0.2, 0.25) is 0 Å². The molecule has 0 saturated carbocycles. The number of rotatable bonds is 3. The summed E-state index contributed by atoms with van der Waals surface area (Å²) < 4.78 is 0. The summed E-state index contributed by atoms with van der Waals surface area (Å²) >= 11 is 0. The van der Waals surface area contributed by atoms with Crippen molar-refractivity contribution in [2.45, 2.75) is 26.4 Å². The van der Waals surface area contributed by atoms with Crippen LogP contribution in [0.5, 0.6) is 0 Å². The summed E-state index contributed by atoms with van der Waals surface area (Å²) in [6.45, 7) is 4.06. The van der Waals surface area contributed by atoms with Gasteiger partial charge in [0.1, 0.15) is 5.82 Å². The SMILES string of the molecule is Cc1cc(C)cc(C(O)Cc2cccnc2N)c1. The fourth-order valence-electron chi connectivity index (χ4n) is 2.15. The number of anilines is 1. The highest BCUT2D eigenvalue weighted by atomic mass is 16.3. The highest BCUT2D eigenvalue weighted by Gasteiger charge is 2.11. The van der Waals surface area contributed by atoms with Crippen LogP contribution in [-0.2, 0) is 6.42 Å². The van der Waals surface area contributed by atoms with Gasteiger partial charge in [0.25, 0.3) is 0 Å². The first-order valence-electron chi connectivity index (χ1n) is 6.02. The number of aliphatic hydroxyl groups excluding tert-OH is 1. The molecule has 0 bridgehead atoms. The highest BCUT2D eigenvalue weighted by Crippen LogP contribution is 2.22. The zero-order chi connectivity index (χ0) is 13.1. The quantitative estimate of drug-likeness (QED) is 0.869. The number of aliphatic hydroxyl groups is 1. The largest absolute Gasteiger partial charge is 0.388 e. The van der Waals surface area contributed by atoms with Crippen LogP contribution in [0.4, 0.5) is 5.82 Å². The second-order valence-corrected chi connectivity index (χ2v) is 4.69. The molecule has 1 aromatic heterocycles. The molecule has 0 aliphatic heterocycles. The predicted octanol–water partition coefficient (Wildman–Crippen LogP) is 2.56. The second-order valence-electron chi connectivity index (χ2n) is 4.69. The van der Waals surface area contributed by atoms with E-state index in [0.717, 1.165) is 22.3 Å². The third kappa shape index (κ3) is 2.87. The fourth-order valence-corrected chi connectivity index (χ4v) is 2.15. The van der Waals surface area contributed by atoms with Crippen LogP contribution in [0.3, 0.4) is 0 Å². The van der Waals surface area contributed by atoms with Crippen molar-refractivity contribution >= 4 is 5.82 Å². The van der Waals surface area contributed by atoms with E-state index in [2.05, 4.69) is 11.1 Å². The molecule has 1 heterocycles. The number of nitrogens with zero attached hydrogens (tertiary/aromatic N) is 1. The molecule has 0 fully saturated rings. The van der Waals surface area contributed by atoms with E-state index in [1.54, 1.807) is 6.20 Å². The summed E-state index contributed by atoms with van der Waals surface area (Å²) in [6, 6.07) is 9.83. The van der Waals surface area contributed by atoms with Gasteiger partial charge in [0.15, 0.2) is 0 Å². The Balaban J connectivity index is 2.22. The van der Waals surface area contributed by atoms with E-state index in [1.807, 2.05) is 38.1 Å². The van der Waals surface area contributed by atoms with Gasteiger partial charge in [-0.1, -0.05) is 35.4 Å². The van der Waals surface area contributed by atoms with Crippen LogP contribution in [0.25, 0.3) is 0 Å². The Bertz CT molecular complexity index is 532. The smallest absolute Gasteiger partial charge is 0.126 e. The molecule has 18 heavy (non-hydrogen) atoms. The molecule has 3 N–H and O–H groups in total. The predicted molar refractivity (Wildman–Crippen MR) is 73.2 cm³/mol. The van der Waals surface area contributed by atoms with E-state index in [4.69, 9.17) is 5.73 Å². The van der Waals surface area contributed by atoms with E-state index < -0.39 is 6.10 Å². The number of pyridine rings is 1. The lowest BCUT2D eigenvalue weighted by Crippen LogP contribution is -2.06. The minimum absolute atomic E-state index is 0.487. The molecule has 1 unspecified atom stereocenters. The van der Waals surface area contributed by atoms with E-state index in [0.29, 0.717) is 12.2 Å². The Kier molecular flexibility index (Phi) is 3.63. The number of hydrogen-bond acceptors (Lipinski definition) is 3. The van der Waals surface area contributed by atoms with Crippen LogP contribution in [0, 0.1) is 13.8 Å². The Morgan fingerprint density at radius 3 is 2.50 bits per heavy atom. The van der Waals surface area contributed by atoms with Crippen LogP contribution in [-0.4, -0.2) is 10.1 Å². The monoisotopic (exact) mass is 242 g/mol. The second kappa shape index (κ2) is 5.19. The van der Waals surface area contributed by atoms with Gasteiger partial charge >= 0.3 is 0 Å². The summed E-state index contributed by atoms with van der Waals surface area (Å²) in [6.07, 6.45) is 1.60. The molecule has 0 spiro atoms. The van der Waals surface area contributed by atoms with Crippen molar-refractivity contribution in [2.75, 3.05) is 5.73 Å². The average Bonchev–Trinajstić information content (AvgIpc) is 2.31. The summed E-state index contributed by atoms with van der Waals surface area (Å²) in [4.78, 5) is 4.03. The van der Waals surface area contributed by atoms with Crippen molar-refractivity contribution < 1.29 is 5.11 Å². The van der Waals surface area contributed by atoms with E-state index in [9.17, 15) is 5.11 Å². The number of aryl methyl sites for hydroxylation is 2. The van der Waals surface area contributed by atoms with Gasteiger partial charge in [-0.3, -0.25) is 0 Å². The average molecular weight is 242 g/mol. The van der Waals surface area contributed by atoms with E-state index in [1.165, 1.54) is 0 Å². The molecule has 0 aliphatic carbocycles. The van der Waals surface area contributed by atoms with E-state index >= 15 is 0 Å². The number of nitrogens with two attached hydrogens (primary N) is 1. The van der Waals surface area contributed by atoms with Gasteiger partial charge in [-0.05, 0) is 31.0 Å². The van der Waals surface area contributed by atoms with Gasteiger partial charge in [0, 0.05) is 12.6 Å². The third-order valence-corrected chi connectivity index (χ3v) is 2.97. The molecule has 0 amide bonds. The molecule has 0 aliphatic rings. The lowest BCUT2D eigenvalue weighted by atomic mass is 9.98. The molecule has 2 rings (SSSR count). The van der Waals surface area contributed by atoms with Crippen molar-refractivity contribution in [3.63, 3.8) is 0 Å². The Morgan fingerprint density at radius 2 is 1.89 bits per heavy atom. The molecular weight excluding hydrogens is 224 g/mol. The van der Waals surface area contributed by atoms with Gasteiger partial charge < -0.3 is 10.8 Å². The van der Waals surface area contributed by atoms with Crippen LogP contribution in [0.1, 0.15) is 28.4 Å². The molecule has 3 heteroatoms. The fraction of sp³-hybridized carbons (Fsp3) is 0.267. The summed E-state index contributed by atoms with van der Waals surface area (Å²) in [5.74, 6) is 0.487. The topological polar surface area (TPSA) is 59.1 Å². The Hall–Kier alpha value is -1.87. The van der Waals surface area contributed by atoms with Gasteiger partial charge in [-0.15, -0.1) is 0 Å². The molecule has 2 aromatic rings. The normalized spacial score (nSPS) is 12.4. The van der Waals surface area contributed by atoms with Crippen molar-refractivity contribution in [2.24, 2.45) is 0 Å². The molecule has 3 nitrogen and oxygen atoms in total. The molecule has 0 radical (unpaired) electrons. The number of hydrogen-bond donors (Lipinski definition) is 2. The molecular formula is C15H18N2O. The van der Waals surface area contributed by atoms with Crippen LogP contribution < -0.4 is 5.73 Å². The van der Waals surface area contributed by atoms with Crippen molar-refractivity contribution in [1.29, 1.82) is 0 Å². The first-order valence-corrected chi connectivity index (χ1v) is 6.02. The Morgan fingerprint density at radius 1 is 1.22 bits per heavy atom. The molecule has 1 aromatic carbocycles. The standard InChI is InChI=1S/C15H18N2O/c1-10-6-11(2)8-13(7-10)14(18)9-12-4-3-5-17-15(12)16/h3-8,14,18H,9H2,1-2H3,(H2,16,17). The van der Waals surface area contributed by atoms with Gasteiger partial charge in [0.05, 0.1) is 6.10 Å². The van der Waals surface area contributed by atoms with Crippen LogP contribution in [0.15, 0.2) is 36.5 Å². The zero-order valence-electron chi connectivity index (χ0n) is 10.7. The van der Waals surface area contributed by atoms with Crippen molar-refractivity contribution in [1.82, 2.24) is 4.98 Å². The zero-order valence-corrected chi connectivity index (χ0v) is 10.7. The van der Waals surface area contributed by atoms with Gasteiger partial charge in [-0.2, -0.15) is 0 Å². The minimum atomic E-state index is -0.546. The Labute approximate surface area is 107 Å². The van der Waals surface area contributed by atoms with Crippen LogP contribution in [0.2, 0.25) is 0 Å². The molecule has 94 valence electrons. The highest BCUT2D eigenvalue weighted by molar-refractivity contribution is 5.40. The first-order chi connectivity index (χ1) is 8.56. The van der Waals surface area contributed by atoms with Crippen molar-refractivity contribution in [3.05, 3.63) is 58.8 Å². The summed E-state index contributed by atoms with van der Waals surface area (Å²) in [5.41, 5.74) is 9.90. The third-order valence-electron chi connectivity index (χ3n) is 2.97. The van der Waals surface area contributed by atoms with Crippen molar-refractivity contribution in [3.8, 4) is 0 Å². The number of nitrogen functional groups attached to an aromatic ring is 1. The maximum Gasteiger partial charge on any atom is 0.126 e. The van der Waals surface area contributed by atoms with E-state index in [-0.39, 0.29) is 0 Å². The minimum Gasteiger partial charge on any atom is -0.388 e. The summed E-state index contributed by atoms with van der Waals surface area (Å²) in [7, 11) is 0. The molecule has 0 saturated heterocycles. The molecule has 1 atom stereocenters. The maximum absolute atomic E-state index is 10.3. The van der Waals surface area contributed by atoms with Crippen LogP contribution >= 0.6 is 0 Å². The number of aromatic nitrogens is 1. The number of benzene rings is 1.